The molecule has 0 fully saturated rings. The molecule has 2 aromatic carbocycles. The smallest absolute Gasteiger partial charge is 0.193 e. The van der Waals surface area contributed by atoms with E-state index in [4.69, 9.17) is 4.74 Å². The van der Waals surface area contributed by atoms with Crippen molar-refractivity contribution in [2.45, 2.75) is 51.9 Å². The second-order valence-corrected chi connectivity index (χ2v) is 6.24. The SMILES string of the molecule is CCCCCCCCc1cc(OC)ccc1C(=O)c1ccccc1. The minimum Gasteiger partial charge on any atom is -0.497 e. The quantitative estimate of drug-likeness (QED) is 0.406. The molecule has 0 N–H and O–H groups in total. The number of ether oxygens (including phenoxy) is 1. The van der Waals surface area contributed by atoms with Crippen molar-refractivity contribution in [1.29, 1.82) is 0 Å². The van der Waals surface area contributed by atoms with Crippen molar-refractivity contribution in [3.63, 3.8) is 0 Å². The predicted molar refractivity (Wildman–Crippen MR) is 99.9 cm³/mol. The predicted octanol–water partition coefficient (Wildman–Crippen LogP) is 5.83. The Balaban J connectivity index is 2.08. The molecule has 0 unspecified atom stereocenters. The molecule has 128 valence electrons. The Morgan fingerprint density at radius 3 is 2.33 bits per heavy atom. The van der Waals surface area contributed by atoms with Gasteiger partial charge in [0.1, 0.15) is 5.75 Å². The summed E-state index contributed by atoms with van der Waals surface area (Å²) in [7, 11) is 1.67. The fraction of sp³-hybridized carbons (Fsp3) is 0.409. The van der Waals surface area contributed by atoms with Gasteiger partial charge in [-0.2, -0.15) is 0 Å². The minimum absolute atomic E-state index is 0.0965. The van der Waals surface area contributed by atoms with E-state index in [0.29, 0.717) is 0 Å². The second-order valence-electron chi connectivity index (χ2n) is 6.24. The summed E-state index contributed by atoms with van der Waals surface area (Å²) in [6.45, 7) is 2.23. The first-order valence-corrected chi connectivity index (χ1v) is 9.03. The van der Waals surface area contributed by atoms with E-state index in [9.17, 15) is 4.79 Å². The third-order valence-corrected chi connectivity index (χ3v) is 4.39. The zero-order valence-electron chi connectivity index (χ0n) is 14.9. The van der Waals surface area contributed by atoms with Gasteiger partial charge in [-0.25, -0.2) is 0 Å². The van der Waals surface area contributed by atoms with Gasteiger partial charge in [0.15, 0.2) is 5.78 Å². The molecule has 0 spiro atoms. The molecule has 0 aliphatic heterocycles. The average Bonchev–Trinajstić information content (AvgIpc) is 2.64. The molecule has 0 aliphatic carbocycles. The average molecular weight is 324 g/mol. The van der Waals surface area contributed by atoms with Crippen molar-refractivity contribution in [2.24, 2.45) is 0 Å². The molecule has 0 aromatic heterocycles. The topological polar surface area (TPSA) is 26.3 Å². The monoisotopic (exact) mass is 324 g/mol. The third-order valence-electron chi connectivity index (χ3n) is 4.39. The number of carbonyl (C=O) groups is 1. The van der Waals surface area contributed by atoms with Crippen molar-refractivity contribution >= 4 is 5.78 Å². The van der Waals surface area contributed by atoms with Crippen LogP contribution >= 0.6 is 0 Å². The van der Waals surface area contributed by atoms with E-state index in [2.05, 4.69) is 6.92 Å². The number of hydrogen-bond acceptors (Lipinski definition) is 2. The lowest BCUT2D eigenvalue weighted by Gasteiger charge is -2.11. The van der Waals surface area contributed by atoms with Gasteiger partial charge in [0.2, 0.25) is 0 Å². The molecule has 0 amide bonds. The highest BCUT2D eigenvalue weighted by molar-refractivity contribution is 6.10. The number of hydrogen-bond donors (Lipinski definition) is 0. The van der Waals surface area contributed by atoms with Crippen LogP contribution in [0.1, 0.15) is 66.9 Å². The molecular formula is C22H28O2. The van der Waals surface area contributed by atoms with Gasteiger partial charge in [-0.05, 0) is 36.6 Å². The van der Waals surface area contributed by atoms with Gasteiger partial charge in [0, 0.05) is 11.1 Å². The first kappa shape index (κ1) is 18.3. The largest absolute Gasteiger partial charge is 0.497 e. The molecule has 0 saturated carbocycles. The van der Waals surface area contributed by atoms with Gasteiger partial charge in [-0.3, -0.25) is 4.79 Å². The van der Waals surface area contributed by atoms with E-state index in [1.54, 1.807) is 7.11 Å². The summed E-state index contributed by atoms with van der Waals surface area (Å²) in [5.74, 6) is 0.917. The molecule has 2 rings (SSSR count). The zero-order valence-corrected chi connectivity index (χ0v) is 14.9. The van der Waals surface area contributed by atoms with Crippen LogP contribution in [0.3, 0.4) is 0 Å². The Kier molecular flexibility index (Phi) is 7.54. The molecule has 24 heavy (non-hydrogen) atoms. The lowest BCUT2D eigenvalue weighted by Crippen LogP contribution is -2.06. The first-order valence-electron chi connectivity index (χ1n) is 9.03. The maximum absolute atomic E-state index is 12.8. The van der Waals surface area contributed by atoms with Crippen molar-refractivity contribution in [2.75, 3.05) is 7.11 Å². The fourth-order valence-electron chi connectivity index (χ4n) is 2.97. The number of methoxy groups -OCH3 is 1. The molecule has 0 bridgehead atoms. The highest BCUT2D eigenvalue weighted by Gasteiger charge is 2.14. The molecule has 0 aliphatic rings. The van der Waals surface area contributed by atoms with Gasteiger partial charge < -0.3 is 4.74 Å². The van der Waals surface area contributed by atoms with Crippen LogP contribution in [0.25, 0.3) is 0 Å². The number of rotatable bonds is 10. The Morgan fingerprint density at radius 2 is 1.62 bits per heavy atom. The Labute approximate surface area is 145 Å². The molecular weight excluding hydrogens is 296 g/mol. The van der Waals surface area contributed by atoms with Crippen LogP contribution in [0.5, 0.6) is 5.75 Å². The van der Waals surface area contributed by atoms with Crippen molar-refractivity contribution in [3.8, 4) is 5.75 Å². The van der Waals surface area contributed by atoms with E-state index in [-0.39, 0.29) is 5.78 Å². The summed E-state index contributed by atoms with van der Waals surface area (Å²) in [4.78, 5) is 12.8. The summed E-state index contributed by atoms with van der Waals surface area (Å²) >= 11 is 0. The van der Waals surface area contributed by atoms with Crippen molar-refractivity contribution < 1.29 is 9.53 Å². The summed E-state index contributed by atoms with van der Waals surface area (Å²) in [5.41, 5.74) is 2.64. The van der Waals surface area contributed by atoms with Crippen LogP contribution in [-0.4, -0.2) is 12.9 Å². The number of benzene rings is 2. The molecule has 0 saturated heterocycles. The Bertz CT molecular complexity index is 632. The second kappa shape index (κ2) is 9.92. The highest BCUT2D eigenvalue weighted by atomic mass is 16.5. The number of aryl methyl sites for hydroxylation is 1. The maximum Gasteiger partial charge on any atom is 0.193 e. The lowest BCUT2D eigenvalue weighted by molar-refractivity contribution is 0.103. The molecule has 2 aromatic rings. The van der Waals surface area contributed by atoms with E-state index < -0.39 is 0 Å². The number of carbonyl (C=O) groups excluding carboxylic acids is 1. The van der Waals surface area contributed by atoms with Crippen molar-refractivity contribution in [1.82, 2.24) is 0 Å². The highest BCUT2D eigenvalue weighted by Crippen LogP contribution is 2.23. The van der Waals surface area contributed by atoms with Crippen LogP contribution in [0.2, 0.25) is 0 Å². The lowest BCUT2D eigenvalue weighted by atomic mass is 9.94. The molecule has 0 atom stereocenters. The van der Waals surface area contributed by atoms with Crippen LogP contribution < -0.4 is 4.74 Å². The van der Waals surface area contributed by atoms with E-state index >= 15 is 0 Å². The van der Waals surface area contributed by atoms with E-state index in [0.717, 1.165) is 35.3 Å². The van der Waals surface area contributed by atoms with E-state index in [1.807, 2.05) is 48.5 Å². The maximum atomic E-state index is 12.8. The fourth-order valence-corrected chi connectivity index (χ4v) is 2.97. The standard InChI is InChI=1S/C22H28O2/c1-3-4-5-6-7-9-14-19-17-20(24-2)15-16-21(19)22(23)18-12-10-8-11-13-18/h8,10-13,15-17H,3-7,9,14H2,1-2H3. The molecule has 0 heterocycles. The molecule has 2 heteroatoms. The van der Waals surface area contributed by atoms with Gasteiger partial charge in [0.05, 0.1) is 7.11 Å². The minimum atomic E-state index is 0.0965. The van der Waals surface area contributed by atoms with Gasteiger partial charge in [-0.1, -0.05) is 69.4 Å². The zero-order chi connectivity index (χ0) is 17.2. The number of unbranched alkanes of at least 4 members (excludes halogenated alkanes) is 5. The summed E-state index contributed by atoms with van der Waals surface area (Å²) in [5, 5.41) is 0. The summed E-state index contributed by atoms with van der Waals surface area (Å²) < 4.78 is 5.34. The van der Waals surface area contributed by atoms with Gasteiger partial charge >= 0.3 is 0 Å². The molecule has 2 nitrogen and oxygen atoms in total. The normalized spacial score (nSPS) is 10.6. The van der Waals surface area contributed by atoms with Gasteiger partial charge in [-0.15, -0.1) is 0 Å². The Hall–Kier alpha value is -2.09. The van der Waals surface area contributed by atoms with Crippen LogP contribution in [0, 0.1) is 0 Å². The third kappa shape index (κ3) is 5.23. The van der Waals surface area contributed by atoms with Crippen LogP contribution in [-0.2, 0) is 6.42 Å². The van der Waals surface area contributed by atoms with Crippen LogP contribution in [0.4, 0.5) is 0 Å². The van der Waals surface area contributed by atoms with Gasteiger partial charge in [0.25, 0.3) is 0 Å². The summed E-state index contributed by atoms with van der Waals surface area (Å²) in [6.07, 6.45) is 8.44. The Morgan fingerprint density at radius 1 is 0.917 bits per heavy atom. The first-order chi connectivity index (χ1) is 11.8. The van der Waals surface area contributed by atoms with E-state index in [1.165, 1.54) is 32.1 Å². The molecule has 0 radical (unpaired) electrons. The van der Waals surface area contributed by atoms with Crippen molar-refractivity contribution in [3.05, 3.63) is 65.2 Å². The number of ketones is 1. The van der Waals surface area contributed by atoms with Crippen LogP contribution in [0.15, 0.2) is 48.5 Å². The summed E-state index contributed by atoms with van der Waals surface area (Å²) in [6, 6.07) is 15.3.